The fourth-order valence-electron chi connectivity index (χ4n) is 5.30. The van der Waals surface area contributed by atoms with Gasteiger partial charge < -0.3 is 0 Å². The maximum atomic E-state index is 13.2. The second kappa shape index (κ2) is 5.13. The average Bonchev–Trinajstić information content (AvgIpc) is 3.19. The summed E-state index contributed by atoms with van der Waals surface area (Å²) in [5.74, 6) is 0.437. The molecule has 3 fully saturated rings. The minimum Gasteiger partial charge on any atom is -0.267 e. The predicted molar refractivity (Wildman–Crippen MR) is 85.1 cm³/mol. The van der Waals surface area contributed by atoms with Gasteiger partial charge in [-0.2, -0.15) is 18.4 Å². The van der Waals surface area contributed by atoms with E-state index in [9.17, 15) is 21.6 Å². The molecule has 4 nitrogen and oxygen atoms in total. The van der Waals surface area contributed by atoms with Gasteiger partial charge >= 0.3 is 6.18 Å². The van der Waals surface area contributed by atoms with Gasteiger partial charge in [0.1, 0.15) is 0 Å². The minimum absolute atomic E-state index is 0.00706. The monoisotopic (exact) mass is 370 g/mol. The Hall–Kier alpha value is -1.75. The standard InChI is InChI=1S/C17H17F3N2O2S/c1-9-15-10-2-3-11(6-10)16(15)25(23,24)22(9)13-5-4-12(8-21)14(7-13)17(18,19)20/h4-5,7,9-11,15-16H,2-3,6H2,1H3/t9-,10-,11+,15+,16-/m1/s1. The number of hydrogen-bond donors (Lipinski definition) is 0. The van der Waals surface area contributed by atoms with E-state index in [-0.39, 0.29) is 23.6 Å². The Bertz CT molecular complexity index is 875. The van der Waals surface area contributed by atoms with Gasteiger partial charge in [-0.3, -0.25) is 4.31 Å². The molecule has 5 atom stereocenters. The molecule has 8 heteroatoms. The molecule has 2 aliphatic carbocycles. The highest BCUT2D eigenvalue weighted by Crippen LogP contribution is 2.58. The van der Waals surface area contributed by atoms with Crippen LogP contribution in [0.15, 0.2) is 18.2 Å². The lowest BCUT2D eigenvalue weighted by Crippen LogP contribution is -2.35. The Morgan fingerprint density at radius 2 is 1.92 bits per heavy atom. The summed E-state index contributed by atoms with van der Waals surface area (Å²) in [7, 11) is -3.70. The van der Waals surface area contributed by atoms with Crippen molar-refractivity contribution in [1.82, 2.24) is 0 Å². The molecule has 0 spiro atoms. The third kappa shape index (κ3) is 2.21. The van der Waals surface area contributed by atoms with Crippen molar-refractivity contribution < 1.29 is 21.6 Å². The highest BCUT2D eigenvalue weighted by molar-refractivity contribution is 7.93. The summed E-state index contributed by atoms with van der Waals surface area (Å²) in [6, 6.07) is 4.34. The lowest BCUT2D eigenvalue weighted by Gasteiger charge is -2.27. The Morgan fingerprint density at radius 3 is 2.52 bits per heavy atom. The fourth-order valence-corrected chi connectivity index (χ4v) is 8.15. The first-order chi connectivity index (χ1) is 11.7. The summed E-state index contributed by atoms with van der Waals surface area (Å²) in [6.07, 6.45) is -1.91. The highest BCUT2D eigenvalue weighted by atomic mass is 32.2. The summed E-state index contributed by atoms with van der Waals surface area (Å²) < 4.78 is 67.0. The average molecular weight is 370 g/mol. The first-order valence-electron chi connectivity index (χ1n) is 8.31. The van der Waals surface area contributed by atoms with E-state index in [1.54, 1.807) is 6.92 Å². The number of benzene rings is 1. The zero-order valence-electron chi connectivity index (χ0n) is 13.5. The SMILES string of the molecule is C[C@@H]1[C@H]2[C@@H]3CC[C@@H](C3)[C@H]2S(=O)(=O)N1c1ccc(C#N)c(C(F)(F)F)c1. The number of halogens is 3. The number of anilines is 1. The topological polar surface area (TPSA) is 61.2 Å². The maximum Gasteiger partial charge on any atom is 0.417 e. The third-order valence-corrected chi connectivity index (χ3v) is 8.61. The molecule has 1 saturated heterocycles. The molecule has 0 amide bonds. The molecule has 0 N–H and O–H groups in total. The Kier molecular flexibility index (Phi) is 3.43. The van der Waals surface area contributed by atoms with E-state index in [4.69, 9.17) is 5.26 Å². The molecule has 1 aromatic carbocycles. The fraction of sp³-hybridized carbons (Fsp3) is 0.588. The van der Waals surface area contributed by atoms with Crippen LogP contribution in [0.1, 0.15) is 37.3 Å². The number of fused-ring (bicyclic) bond motifs is 5. The van der Waals surface area contributed by atoms with Crippen molar-refractivity contribution in [3.8, 4) is 6.07 Å². The molecule has 3 aliphatic rings. The van der Waals surface area contributed by atoms with Gasteiger partial charge in [0.05, 0.1) is 28.1 Å². The van der Waals surface area contributed by atoms with Crippen LogP contribution in [0.3, 0.4) is 0 Å². The van der Waals surface area contributed by atoms with Crippen molar-refractivity contribution in [2.24, 2.45) is 17.8 Å². The number of hydrogen-bond acceptors (Lipinski definition) is 3. The van der Waals surface area contributed by atoms with Crippen LogP contribution >= 0.6 is 0 Å². The van der Waals surface area contributed by atoms with Crippen molar-refractivity contribution in [3.63, 3.8) is 0 Å². The zero-order chi connectivity index (χ0) is 18.1. The lowest BCUT2D eigenvalue weighted by molar-refractivity contribution is -0.137. The van der Waals surface area contributed by atoms with Gasteiger partial charge in [0, 0.05) is 12.0 Å². The molecule has 1 aliphatic heterocycles. The quantitative estimate of drug-likeness (QED) is 0.760. The normalized spacial score (nSPS) is 35.6. The summed E-state index contributed by atoms with van der Waals surface area (Å²) >= 11 is 0. The predicted octanol–water partition coefficient (Wildman–Crippen LogP) is 3.53. The van der Waals surface area contributed by atoms with Crippen LogP contribution in [-0.4, -0.2) is 19.7 Å². The number of nitrogens with zero attached hydrogens (tertiary/aromatic N) is 2. The van der Waals surface area contributed by atoms with Crippen LogP contribution in [0.5, 0.6) is 0 Å². The van der Waals surface area contributed by atoms with Crippen molar-refractivity contribution in [2.45, 2.75) is 43.7 Å². The van der Waals surface area contributed by atoms with Crippen molar-refractivity contribution in [2.75, 3.05) is 4.31 Å². The van der Waals surface area contributed by atoms with Gasteiger partial charge in [-0.1, -0.05) is 0 Å². The molecule has 0 aromatic heterocycles. The van der Waals surface area contributed by atoms with Gasteiger partial charge in [-0.15, -0.1) is 0 Å². The number of alkyl halides is 3. The summed E-state index contributed by atoms with van der Waals surface area (Å²) in [6.45, 7) is 1.79. The van der Waals surface area contributed by atoms with E-state index in [0.717, 1.165) is 31.4 Å². The van der Waals surface area contributed by atoms with Crippen LogP contribution in [-0.2, 0) is 16.2 Å². The highest BCUT2D eigenvalue weighted by Gasteiger charge is 2.63. The molecule has 134 valence electrons. The summed E-state index contributed by atoms with van der Waals surface area (Å²) in [4.78, 5) is 0. The molecule has 1 aromatic rings. The van der Waals surface area contributed by atoms with Crippen molar-refractivity contribution >= 4 is 15.7 Å². The smallest absolute Gasteiger partial charge is 0.267 e. The van der Waals surface area contributed by atoms with Gasteiger partial charge in [0.15, 0.2) is 0 Å². The second-order valence-electron chi connectivity index (χ2n) is 7.30. The number of nitriles is 1. The Morgan fingerprint density at radius 1 is 1.24 bits per heavy atom. The molecular weight excluding hydrogens is 353 g/mol. The first-order valence-corrected chi connectivity index (χ1v) is 9.81. The van der Waals surface area contributed by atoms with E-state index in [1.165, 1.54) is 16.4 Å². The second-order valence-corrected chi connectivity index (χ2v) is 9.26. The van der Waals surface area contributed by atoms with Crippen molar-refractivity contribution in [3.05, 3.63) is 29.3 Å². The molecule has 0 unspecified atom stereocenters. The molecule has 0 radical (unpaired) electrons. The van der Waals surface area contributed by atoms with Gasteiger partial charge in [-0.05, 0) is 56.2 Å². The van der Waals surface area contributed by atoms with Crippen LogP contribution in [0.25, 0.3) is 0 Å². The van der Waals surface area contributed by atoms with Gasteiger partial charge in [0.2, 0.25) is 10.0 Å². The molecular formula is C17H17F3N2O2S. The largest absolute Gasteiger partial charge is 0.417 e. The first kappa shape index (κ1) is 16.7. The minimum atomic E-state index is -4.71. The Labute approximate surface area is 144 Å². The summed E-state index contributed by atoms with van der Waals surface area (Å²) in [5.41, 5.74) is -1.58. The maximum absolute atomic E-state index is 13.2. The van der Waals surface area contributed by atoms with E-state index in [0.29, 0.717) is 5.92 Å². The molecule has 1 heterocycles. The molecule has 2 saturated carbocycles. The van der Waals surface area contributed by atoms with E-state index in [1.807, 2.05) is 0 Å². The van der Waals surface area contributed by atoms with E-state index in [2.05, 4.69) is 0 Å². The Balaban J connectivity index is 1.82. The number of sulfonamides is 1. The van der Waals surface area contributed by atoms with Gasteiger partial charge in [-0.25, -0.2) is 8.42 Å². The van der Waals surface area contributed by atoms with Gasteiger partial charge in [0.25, 0.3) is 0 Å². The van der Waals surface area contributed by atoms with Crippen LogP contribution in [0.4, 0.5) is 18.9 Å². The van der Waals surface area contributed by atoms with Crippen LogP contribution in [0.2, 0.25) is 0 Å². The zero-order valence-corrected chi connectivity index (χ0v) is 14.3. The van der Waals surface area contributed by atoms with Crippen LogP contribution < -0.4 is 4.31 Å². The van der Waals surface area contributed by atoms with E-state index >= 15 is 0 Å². The summed E-state index contributed by atoms with van der Waals surface area (Å²) in [5, 5.41) is 8.44. The van der Waals surface area contributed by atoms with Crippen molar-refractivity contribution in [1.29, 1.82) is 5.26 Å². The molecule has 4 rings (SSSR count). The number of rotatable bonds is 1. The third-order valence-electron chi connectivity index (χ3n) is 6.13. The van der Waals surface area contributed by atoms with E-state index < -0.39 is 32.6 Å². The van der Waals surface area contributed by atoms with Crippen LogP contribution in [0, 0.1) is 29.1 Å². The molecule has 2 bridgehead atoms. The lowest BCUT2D eigenvalue weighted by atomic mass is 9.83. The molecule has 25 heavy (non-hydrogen) atoms.